The SMILES string of the molecule is CC(Oc1cc(-c2c[c]ncc2)cnc1N)c1c(Cl)ccc(F)c1Cl. The lowest BCUT2D eigenvalue weighted by atomic mass is 10.1. The van der Waals surface area contributed by atoms with Crippen LogP contribution in [0.5, 0.6) is 5.75 Å². The Morgan fingerprint density at radius 2 is 2.04 bits per heavy atom. The predicted molar refractivity (Wildman–Crippen MR) is 96.2 cm³/mol. The molecule has 0 aliphatic carbocycles. The van der Waals surface area contributed by atoms with E-state index in [1.54, 1.807) is 31.5 Å². The van der Waals surface area contributed by atoms with Crippen LogP contribution in [0.1, 0.15) is 18.6 Å². The van der Waals surface area contributed by atoms with Crippen LogP contribution in [0.4, 0.5) is 10.2 Å². The van der Waals surface area contributed by atoms with Gasteiger partial charge in [0.25, 0.3) is 0 Å². The van der Waals surface area contributed by atoms with E-state index < -0.39 is 11.9 Å². The molecule has 1 aromatic carbocycles. The second-order valence-corrected chi connectivity index (χ2v) is 6.08. The van der Waals surface area contributed by atoms with Gasteiger partial charge in [0.2, 0.25) is 0 Å². The zero-order chi connectivity index (χ0) is 18.0. The Labute approximate surface area is 154 Å². The molecule has 127 valence electrons. The largest absolute Gasteiger partial charge is 0.482 e. The smallest absolute Gasteiger partial charge is 0.166 e. The van der Waals surface area contributed by atoms with Gasteiger partial charge >= 0.3 is 0 Å². The molecule has 2 heterocycles. The molecule has 0 spiro atoms. The fraction of sp³-hybridized carbons (Fsp3) is 0.111. The zero-order valence-corrected chi connectivity index (χ0v) is 14.6. The molecule has 3 aromatic rings. The second-order valence-electron chi connectivity index (χ2n) is 5.30. The van der Waals surface area contributed by atoms with Gasteiger partial charge in [0.05, 0.1) is 11.2 Å². The van der Waals surface area contributed by atoms with Crippen molar-refractivity contribution in [2.45, 2.75) is 13.0 Å². The lowest BCUT2D eigenvalue weighted by Crippen LogP contribution is -2.08. The van der Waals surface area contributed by atoms with Crippen molar-refractivity contribution in [2.75, 3.05) is 5.73 Å². The van der Waals surface area contributed by atoms with Crippen LogP contribution < -0.4 is 10.5 Å². The summed E-state index contributed by atoms with van der Waals surface area (Å²) < 4.78 is 19.6. The molecule has 2 N–H and O–H groups in total. The van der Waals surface area contributed by atoms with Gasteiger partial charge in [-0.3, -0.25) is 4.98 Å². The summed E-state index contributed by atoms with van der Waals surface area (Å²) in [6.07, 6.45) is 5.38. The van der Waals surface area contributed by atoms with Gasteiger partial charge in [0, 0.05) is 28.5 Å². The first-order valence-corrected chi connectivity index (χ1v) is 8.11. The number of nitrogens with zero attached hydrogens (tertiary/aromatic N) is 2. The van der Waals surface area contributed by atoms with Gasteiger partial charge in [-0.2, -0.15) is 0 Å². The Balaban J connectivity index is 1.94. The molecule has 0 saturated carbocycles. The van der Waals surface area contributed by atoms with Crippen molar-refractivity contribution in [1.82, 2.24) is 9.97 Å². The number of nitrogen functional groups attached to an aromatic ring is 1. The van der Waals surface area contributed by atoms with Gasteiger partial charge in [0.15, 0.2) is 11.6 Å². The molecule has 0 bridgehead atoms. The van der Waals surface area contributed by atoms with Gasteiger partial charge in [-0.05, 0) is 42.8 Å². The summed E-state index contributed by atoms with van der Waals surface area (Å²) in [4.78, 5) is 8.00. The highest BCUT2D eigenvalue weighted by Crippen LogP contribution is 2.36. The number of anilines is 1. The molecule has 3 rings (SSSR count). The number of hydrogen-bond acceptors (Lipinski definition) is 4. The molecule has 4 nitrogen and oxygen atoms in total. The summed E-state index contributed by atoms with van der Waals surface area (Å²) >= 11 is 12.2. The van der Waals surface area contributed by atoms with E-state index in [4.69, 9.17) is 33.7 Å². The summed E-state index contributed by atoms with van der Waals surface area (Å²) in [5.41, 5.74) is 7.90. The van der Waals surface area contributed by atoms with Gasteiger partial charge in [-0.15, -0.1) is 0 Å². The summed E-state index contributed by atoms with van der Waals surface area (Å²) in [5, 5.41) is 0.233. The van der Waals surface area contributed by atoms with E-state index in [1.165, 1.54) is 12.1 Å². The van der Waals surface area contributed by atoms with Crippen LogP contribution in [0.3, 0.4) is 0 Å². The predicted octanol–water partition coefficient (Wildman–Crippen LogP) is 5.11. The number of nitrogens with two attached hydrogens (primary N) is 1. The molecule has 0 aliphatic rings. The highest BCUT2D eigenvalue weighted by atomic mass is 35.5. The molecule has 0 fully saturated rings. The van der Waals surface area contributed by atoms with Crippen molar-refractivity contribution in [3.8, 4) is 16.9 Å². The molecule has 1 unspecified atom stereocenters. The molecule has 0 saturated heterocycles. The number of pyridine rings is 2. The van der Waals surface area contributed by atoms with E-state index in [2.05, 4.69) is 16.2 Å². The Morgan fingerprint density at radius 1 is 1.24 bits per heavy atom. The molecule has 0 aliphatic heterocycles. The minimum absolute atomic E-state index is 0.0774. The van der Waals surface area contributed by atoms with Crippen LogP contribution in [0.15, 0.2) is 42.7 Å². The molecular weight excluding hydrogens is 364 g/mol. The van der Waals surface area contributed by atoms with Crippen LogP contribution in [-0.2, 0) is 0 Å². The second kappa shape index (κ2) is 7.25. The van der Waals surface area contributed by atoms with Crippen LogP contribution in [-0.4, -0.2) is 9.97 Å². The molecule has 7 heteroatoms. The topological polar surface area (TPSA) is 61.0 Å². The number of aromatic nitrogens is 2. The monoisotopic (exact) mass is 376 g/mol. The van der Waals surface area contributed by atoms with Crippen molar-refractivity contribution < 1.29 is 9.13 Å². The van der Waals surface area contributed by atoms with E-state index in [1.807, 2.05) is 6.07 Å². The fourth-order valence-corrected chi connectivity index (χ4v) is 3.05. The Bertz CT molecular complexity index is 906. The minimum Gasteiger partial charge on any atom is -0.482 e. The van der Waals surface area contributed by atoms with Gasteiger partial charge in [-0.25, -0.2) is 9.37 Å². The first-order valence-electron chi connectivity index (χ1n) is 7.35. The minimum atomic E-state index is -0.626. The maximum Gasteiger partial charge on any atom is 0.166 e. The van der Waals surface area contributed by atoms with Crippen LogP contribution >= 0.6 is 23.2 Å². The Kier molecular flexibility index (Phi) is 5.06. The zero-order valence-electron chi connectivity index (χ0n) is 13.1. The maximum absolute atomic E-state index is 13.7. The molecule has 0 amide bonds. The number of rotatable bonds is 4. The maximum atomic E-state index is 13.7. The third-order valence-electron chi connectivity index (χ3n) is 3.63. The molecule has 25 heavy (non-hydrogen) atoms. The molecule has 1 radical (unpaired) electrons. The number of halogens is 3. The number of hydrogen-bond donors (Lipinski definition) is 1. The number of ether oxygens (including phenoxy) is 1. The van der Waals surface area contributed by atoms with Crippen molar-refractivity contribution in [2.24, 2.45) is 0 Å². The third-order valence-corrected chi connectivity index (χ3v) is 4.34. The highest BCUT2D eigenvalue weighted by Gasteiger charge is 2.20. The summed E-state index contributed by atoms with van der Waals surface area (Å²) in [7, 11) is 0. The normalized spacial score (nSPS) is 12.0. The summed E-state index contributed by atoms with van der Waals surface area (Å²) in [6.45, 7) is 1.71. The van der Waals surface area contributed by atoms with E-state index >= 15 is 0 Å². The van der Waals surface area contributed by atoms with Gasteiger partial charge in [0.1, 0.15) is 11.9 Å². The summed E-state index contributed by atoms with van der Waals surface area (Å²) in [6, 6.07) is 7.92. The van der Waals surface area contributed by atoms with Gasteiger partial charge in [-0.1, -0.05) is 23.2 Å². The Morgan fingerprint density at radius 3 is 2.76 bits per heavy atom. The van der Waals surface area contributed by atoms with Crippen molar-refractivity contribution >= 4 is 29.0 Å². The van der Waals surface area contributed by atoms with E-state index in [9.17, 15) is 4.39 Å². The first-order chi connectivity index (χ1) is 12.0. The highest BCUT2D eigenvalue weighted by molar-refractivity contribution is 6.36. The fourth-order valence-electron chi connectivity index (χ4n) is 2.37. The quantitative estimate of drug-likeness (QED) is 0.642. The molecule has 2 aromatic heterocycles. The van der Waals surface area contributed by atoms with Crippen LogP contribution in [0.2, 0.25) is 10.0 Å². The lowest BCUT2D eigenvalue weighted by molar-refractivity contribution is 0.227. The summed E-state index contributed by atoms with van der Waals surface area (Å²) in [5.74, 6) is -0.0147. The van der Waals surface area contributed by atoms with E-state index in [0.29, 0.717) is 16.3 Å². The standard InChI is InChI=1S/C18H13Cl2FN3O/c1-10(16-13(19)2-3-14(21)17(16)20)25-15-8-12(9-24-18(15)22)11-4-6-23-7-5-11/h2-6,8-10H,1H3,(H2,22,24). The lowest BCUT2D eigenvalue weighted by Gasteiger charge is -2.19. The average Bonchev–Trinajstić information content (AvgIpc) is 2.61. The van der Waals surface area contributed by atoms with E-state index in [-0.39, 0.29) is 10.8 Å². The average molecular weight is 377 g/mol. The van der Waals surface area contributed by atoms with E-state index in [0.717, 1.165) is 11.1 Å². The number of benzene rings is 1. The Hall–Kier alpha value is -2.37. The van der Waals surface area contributed by atoms with Crippen LogP contribution in [0, 0.1) is 12.0 Å². The molecule has 1 atom stereocenters. The third kappa shape index (κ3) is 3.67. The van der Waals surface area contributed by atoms with Crippen LogP contribution in [0.25, 0.3) is 11.1 Å². The van der Waals surface area contributed by atoms with Crippen molar-refractivity contribution in [1.29, 1.82) is 0 Å². The molecular formula is C18H13Cl2FN3O. The van der Waals surface area contributed by atoms with Crippen molar-refractivity contribution in [3.63, 3.8) is 0 Å². The van der Waals surface area contributed by atoms with Gasteiger partial charge < -0.3 is 10.5 Å². The van der Waals surface area contributed by atoms with Crippen molar-refractivity contribution in [3.05, 3.63) is 70.3 Å². The first kappa shape index (κ1) is 17.5.